The summed E-state index contributed by atoms with van der Waals surface area (Å²) in [5.74, 6) is -0.294. The first-order valence-corrected chi connectivity index (χ1v) is 4.89. The van der Waals surface area contributed by atoms with Crippen LogP contribution in [0.15, 0.2) is 6.33 Å². The summed E-state index contributed by atoms with van der Waals surface area (Å²) in [7, 11) is 0. The minimum absolute atomic E-state index is 0.0897. The number of nitrogens with two attached hydrogens (primary N) is 1. The van der Waals surface area contributed by atoms with Gasteiger partial charge in [0.1, 0.15) is 5.52 Å². The molecule has 0 radical (unpaired) electrons. The second-order valence-corrected chi connectivity index (χ2v) is 3.58. The Labute approximate surface area is 95.4 Å². The van der Waals surface area contributed by atoms with Crippen LogP contribution in [0.2, 0.25) is 5.15 Å². The zero-order chi connectivity index (χ0) is 11.7. The number of rotatable bonds is 2. The highest BCUT2D eigenvalue weighted by atomic mass is 35.5. The largest absolute Gasteiger partial charge is 0.341 e. The van der Waals surface area contributed by atoms with Crippen LogP contribution in [0.5, 0.6) is 0 Å². The van der Waals surface area contributed by atoms with Crippen molar-refractivity contribution >= 4 is 34.6 Å². The molecule has 0 fully saturated rings. The summed E-state index contributed by atoms with van der Waals surface area (Å²) in [6.45, 7) is 1.56. The molecule has 4 N–H and O–H groups in total. The number of nitrogens with zero attached hydrogens (tertiary/aromatic N) is 3. The minimum atomic E-state index is -0.641. The number of amides is 1. The zero-order valence-corrected chi connectivity index (χ0v) is 9.12. The Morgan fingerprint density at radius 1 is 1.62 bits per heavy atom. The Bertz CT molecular complexity index is 536. The summed E-state index contributed by atoms with van der Waals surface area (Å²) >= 11 is 5.86. The molecule has 8 heteroatoms. The Kier molecular flexibility index (Phi) is 2.71. The van der Waals surface area contributed by atoms with Gasteiger partial charge in [-0.1, -0.05) is 11.6 Å². The van der Waals surface area contributed by atoms with Gasteiger partial charge in [0.2, 0.25) is 11.9 Å². The van der Waals surface area contributed by atoms with Crippen molar-refractivity contribution in [3.63, 3.8) is 0 Å². The van der Waals surface area contributed by atoms with E-state index in [2.05, 4.69) is 25.3 Å². The first-order chi connectivity index (χ1) is 7.58. The van der Waals surface area contributed by atoms with Gasteiger partial charge in [0, 0.05) is 0 Å². The minimum Gasteiger partial charge on any atom is -0.341 e. The number of nitrogens with one attached hydrogen (secondary N) is 2. The fourth-order valence-corrected chi connectivity index (χ4v) is 1.30. The van der Waals surface area contributed by atoms with Crippen LogP contribution in [-0.2, 0) is 4.79 Å². The monoisotopic (exact) mass is 240 g/mol. The van der Waals surface area contributed by atoms with Crippen molar-refractivity contribution in [1.29, 1.82) is 0 Å². The van der Waals surface area contributed by atoms with E-state index in [1.54, 1.807) is 6.92 Å². The van der Waals surface area contributed by atoms with E-state index >= 15 is 0 Å². The number of H-pyrrole nitrogens is 1. The SMILES string of the molecule is C[C@@H](N)C(=O)Nc1nc(Cl)c2[nH]cnc2n1. The maximum Gasteiger partial charge on any atom is 0.243 e. The summed E-state index contributed by atoms with van der Waals surface area (Å²) < 4.78 is 0. The smallest absolute Gasteiger partial charge is 0.243 e. The van der Waals surface area contributed by atoms with Crippen LogP contribution in [0.1, 0.15) is 6.92 Å². The van der Waals surface area contributed by atoms with Gasteiger partial charge < -0.3 is 10.7 Å². The lowest BCUT2D eigenvalue weighted by molar-refractivity contribution is -0.117. The normalized spacial score (nSPS) is 12.7. The van der Waals surface area contributed by atoms with E-state index < -0.39 is 6.04 Å². The molecule has 2 rings (SSSR count). The third-order valence-corrected chi connectivity index (χ3v) is 2.16. The van der Waals surface area contributed by atoms with Gasteiger partial charge >= 0.3 is 0 Å². The Hall–Kier alpha value is -1.73. The number of halogens is 1. The molecule has 16 heavy (non-hydrogen) atoms. The standard InChI is InChI=1S/C8H9ClN6O/c1-3(10)7(16)15-8-13-5(9)4-6(14-8)12-2-11-4/h2-3H,10H2,1H3,(H2,11,12,13,14,15,16)/t3-/m1/s1. The van der Waals surface area contributed by atoms with E-state index in [1.807, 2.05) is 0 Å². The molecule has 2 heterocycles. The molecule has 0 bridgehead atoms. The zero-order valence-electron chi connectivity index (χ0n) is 8.36. The van der Waals surface area contributed by atoms with Crippen molar-refractivity contribution < 1.29 is 4.79 Å². The van der Waals surface area contributed by atoms with Gasteiger partial charge in [0.05, 0.1) is 12.4 Å². The van der Waals surface area contributed by atoms with Gasteiger partial charge in [-0.05, 0) is 6.92 Å². The second-order valence-electron chi connectivity index (χ2n) is 3.22. The number of carbonyl (C=O) groups excluding carboxylic acids is 1. The van der Waals surface area contributed by atoms with Gasteiger partial charge in [0.15, 0.2) is 10.8 Å². The van der Waals surface area contributed by atoms with E-state index in [9.17, 15) is 4.79 Å². The van der Waals surface area contributed by atoms with Gasteiger partial charge in [-0.3, -0.25) is 10.1 Å². The first kappa shape index (κ1) is 10.8. The van der Waals surface area contributed by atoms with Crippen molar-refractivity contribution in [3.05, 3.63) is 11.5 Å². The Morgan fingerprint density at radius 2 is 2.38 bits per heavy atom. The summed E-state index contributed by atoms with van der Waals surface area (Å²) in [6.07, 6.45) is 1.45. The summed E-state index contributed by atoms with van der Waals surface area (Å²) in [5, 5.41) is 2.64. The molecule has 0 unspecified atom stereocenters. The number of imidazole rings is 1. The lowest BCUT2D eigenvalue weighted by atomic mass is 10.3. The van der Waals surface area contributed by atoms with Crippen molar-refractivity contribution in [2.75, 3.05) is 5.32 Å². The number of hydrogen-bond donors (Lipinski definition) is 3. The molecule has 7 nitrogen and oxygen atoms in total. The van der Waals surface area contributed by atoms with E-state index in [1.165, 1.54) is 6.33 Å². The maximum absolute atomic E-state index is 11.3. The van der Waals surface area contributed by atoms with Crippen LogP contribution in [-0.4, -0.2) is 31.9 Å². The van der Waals surface area contributed by atoms with Gasteiger partial charge in [-0.2, -0.15) is 9.97 Å². The summed E-state index contributed by atoms with van der Waals surface area (Å²) in [6, 6.07) is -0.641. The lowest BCUT2D eigenvalue weighted by Crippen LogP contribution is -2.33. The topological polar surface area (TPSA) is 110 Å². The Balaban J connectivity index is 2.35. The molecule has 1 atom stereocenters. The van der Waals surface area contributed by atoms with Crippen LogP contribution in [0.4, 0.5) is 5.95 Å². The highest BCUT2D eigenvalue weighted by Gasteiger charge is 2.12. The highest BCUT2D eigenvalue weighted by Crippen LogP contribution is 2.18. The van der Waals surface area contributed by atoms with E-state index in [4.69, 9.17) is 17.3 Å². The van der Waals surface area contributed by atoms with Gasteiger partial charge in [-0.15, -0.1) is 0 Å². The van der Waals surface area contributed by atoms with Gasteiger partial charge in [-0.25, -0.2) is 4.98 Å². The molecule has 0 aromatic carbocycles. The van der Waals surface area contributed by atoms with Gasteiger partial charge in [0.25, 0.3) is 0 Å². The third-order valence-electron chi connectivity index (χ3n) is 1.89. The average Bonchev–Trinajstić information content (AvgIpc) is 2.65. The van der Waals surface area contributed by atoms with Crippen LogP contribution >= 0.6 is 11.6 Å². The number of carbonyl (C=O) groups is 1. The number of hydrogen-bond acceptors (Lipinski definition) is 5. The highest BCUT2D eigenvalue weighted by molar-refractivity contribution is 6.33. The fraction of sp³-hybridized carbons (Fsp3) is 0.250. The van der Waals surface area contributed by atoms with Crippen molar-refractivity contribution in [1.82, 2.24) is 19.9 Å². The molecule has 1 amide bonds. The second kappa shape index (κ2) is 4.03. The summed E-state index contributed by atoms with van der Waals surface area (Å²) in [4.78, 5) is 25.9. The van der Waals surface area contributed by atoms with Crippen molar-refractivity contribution in [2.24, 2.45) is 5.73 Å². The summed E-state index contributed by atoms with van der Waals surface area (Å²) in [5.41, 5.74) is 6.31. The molecule has 0 aliphatic carbocycles. The molecular weight excluding hydrogens is 232 g/mol. The van der Waals surface area contributed by atoms with Crippen LogP contribution < -0.4 is 11.1 Å². The fourth-order valence-electron chi connectivity index (χ4n) is 1.08. The molecular formula is C8H9ClN6O. The predicted octanol–water partition coefficient (Wildman–Crippen LogP) is 0.292. The van der Waals surface area contributed by atoms with E-state index in [0.717, 1.165) is 0 Å². The number of fused-ring (bicyclic) bond motifs is 1. The van der Waals surface area contributed by atoms with Crippen molar-refractivity contribution in [2.45, 2.75) is 13.0 Å². The van der Waals surface area contributed by atoms with Crippen molar-refractivity contribution in [3.8, 4) is 0 Å². The van der Waals surface area contributed by atoms with Crippen LogP contribution in [0, 0.1) is 0 Å². The molecule has 0 spiro atoms. The van der Waals surface area contributed by atoms with Crippen LogP contribution in [0.25, 0.3) is 11.2 Å². The Morgan fingerprint density at radius 3 is 3.06 bits per heavy atom. The quantitative estimate of drug-likeness (QED) is 0.654. The maximum atomic E-state index is 11.3. The van der Waals surface area contributed by atoms with E-state index in [0.29, 0.717) is 11.2 Å². The number of anilines is 1. The van der Waals surface area contributed by atoms with E-state index in [-0.39, 0.29) is 17.0 Å². The average molecular weight is 241 g/mol. The molecule has 2 aromatic heterocycles. The lowest BCUT2D eigenvalue weighted by Gasteiger charge is -2.05. The predicted molar refractivity (Wildman–Crippen MR) is 59.0 cm³/mol. The molecule has 0 saturated carbocycles. The molecule has 0 aliphatic heterocycles. The number of aromatic nitrogens is 4. The first-order valence-electron chi connectivity index (χ1n) is 4.51. The molecule has 2 aromatic rings. The molecule has 84 valence electrons. The molecule has 0 saturated heterocycles. The van der Waals surface area contributed by atoms with Crippen LogP contribution in [0.3, 0.4) is 0 Å². The number of aromatic amines is 1. The molecule has 0 aliphatic rings. The third kappa shape index (κ3) is 1.95.